The summed E-state index contributed by atoms with van der Waals surface area (Å²) in [6, 6.07) is 3.44. The van der Waals surface area contributed by atoms with Gasteiger partial charge < -0.3 is 14.6 Å². The fraction of sp³-hybridized carbons (Fsp3) is 0.500. The van der Waals surface area contributed by atoms with Crippen molar-refractivity contribution < 1.29 is 31.5 Å². The van der Waals surface area contributed by atoms with E-state index in [9.17, 15) is 21.6 Å². The van der Waals surface area contributed by atoms with Gasteiger partial charge in [0.2, 0.25) is 0 Å². The van der Waals surface area contributed by atoms with Crippen LogP contribution >= 0.6 is 11.3 Å². The molecule has 8 nitrogen and oxygen atoms in total. The number of aliphatic carboxylic acids is 1. The number of alkyl halides is 3. The highest BCUT2D eigenvalue weighted by Crippen LogP contribution is 2.26. The Labute approximate surface area is 170 Å². The summed E-state index contributed by atoms with van der Waals surface area (Å²) in [6.07, 6.45) is -1.41. The highest BCUT2D eigenvalue weighted by molar-refractivity contribution is 7.91. The molecule has 13 heteroatoms. The van der Waals surface area contributed by atoms with Gasteiger partial charge in [0, 0.05) is 37.9 Å². The molecule has 0 spiro atoms. The molecule has 2 aromatic heterocycles. The Balaban J connectivity index is 0.000000370. The fourth-order valence-corrected chi connectivity index (χ4v) is 5.47. The van der Waals surface area contributed by atoms with Crippen LogP contribution < -0.4 is 0 Å². The van der Waals surface area contributed by atoms with Gasteiger partial charge >= 0.3 is 12.1 Å². The number of carboxylic acid groups (broad SMARTS) is 1. The van der Waals surface area contributed by atoms with Gasteiger partial charge in [0.15, 0.2) is 0 Å². The smallest absolute Gasteiger partial charge is 0.475 e. The zero-order valence-electron chi connectivity index (χ0n) is 15.7. The number of sulfonamides is 1. The summed E-state index contributed by atoms with van der Waals surface area (Å²) in [5.41, 5.74) is 0. The van der Waals surface area contributed by atoms with E-state index in [0.29, 0.717) is 17.3 Å². The third-order valence-corrected chi connectivity index (χ3v) is 7.18. The molecule has 3 rings (SSSR count). The summed E-state index contributed by atoms with van der Waals surface area (Å²) in [5, 5.41) is 8.92. The standard InChI is InChI=1S/C14H20N4O2S2.C2HF3O2/c1-16(2)8-12-9-17-6-5-15-13(17)11-18(10-12)22(19,20)14-4-3-7-21-14;3-2(4,5)1(6)7/h3-7,12H,8-11H2,1-2H3;(H,6,7). The van der Waals surface area contributed by atoms with Crippen molar-refractivity contribution in [1.29, 1.82) is 0 Å². The first-order valence-corrected chi connectivity index (χ1v) is 10.7. The summed E-state index contributed by atoms with van der Waals surface area (Å²) in [4.78, 5) is 15.3. The van der Waals surface area contributed by atoms with Gasteiger partial charge in [-0.05, 0) is 25.5 Å². The van der Waals surface area contributed by atoms with Crippen LogP contribution in [0.3, 0.4) is 0 Å². The second-order valence-corrected chi connectivity index (χ2v) is 9.77. The quantitative estimate of drug-likeness (QED) is 0.759. The third-order valence-electron chi connectivity index (χ3n) is 3.99. The summed E-state index contributed by atoms with van der Waals surface area (Å²) < 4.78 is 61.5. The Kier molecular flexibility index (Phi) is 7.43. The van der Waals surface area contributed by atoms with Crippen molar-refractivity contribution in [2.24, 2.45) is 5.92 Å². The van der Waals surface area contributed by atoms with Gasteiger partial charge in [0.05, 0.1) is 6.54 Å². The lowest BCUT2D eigenvalue weighted by molar-refractivity contribution is -0.192. The maximum atomic E-state index is 12.8. The van der Waals surface area contributed by atoms with E-state index in [1.165, 1.54) is 11.3 Å². The number of rotatable bonds is 4. The molecule has 0 aliphatic carbocycles. The summed E-state index contributed by atoms with van der Waals surface area (Å²) in [7, 11) is 0.572. The van der Waals surface area contributed by atoms with E-state index in [1.807, 2.05) is 20.3 Å². The predicted molar refractivity (Wildman–Crippen MR) is 99.9 cm³/mol. The van der Waals surface area contributed by atoms with Crippen molar-refractivity contribution in [3.05, 3.63) is 35.7 Å². The van der Waals surface area contributed by atoms with Gasteiger partial charge in [-0.3, -0.25) is 0 Å². The van der Waals surface area contributed by atoms with Crippen LogP contribution in [0.1, 0.15) is 5.82 Å². The van der Waals surface area contributed by atoms with Crippen molar-refractivity contribution in [3.8, 4) is 0 Å². The first-order chi connectivity index (χ1) is 13.4. The molecule has 3 heterocycles. The minimum Gasteiger partial charge on any atom is -0.475 e. The molecule has 1 atom stereocenters. The zero-order chi connectivity index (χ0) is 21.8. The summed E-state index contributed by atoms with van der Waals surface area (Å²) in [5.74, 6) is -1.71. The molecule has 1 unspecified atom stereocenters. The number of thiophene rings is 1. The first-order valence-electron chi connectivity index (χ1n) is 8.39. The molecule has 1 N–H and O–H groups in total. The van der Waals surface area contributed by atoms with E-state index in [-0.39, 0.29) is 5.92 Å². The second kappa shape index (κ2) is 9.24. The van der Waals surface area contributed by atoms with Crippen LogP contribution in [-0.4, -0.2) is 71.6 Å². The van der Waals surface area contributed by atoms with Crippen molar-refractivity contribution in [2.45, 2.75) is 23.5 Å². The maximum absolute atomic E-state index is 12.8. The molecule has 1 aliphatic heterocycles. The van der Waals surface area contributed by atoms with Crippen LogP contribution in [-0.2, 0) is 27.9 Å². The van der Waals surface area contributed by atoms with Crippen LogP contribution in [0.5, 0.6) is 0 Å². The summed E-state index contributed by atoms with van der Waals surface area (Å²) >= 11 is 1.26. The van der Waals surface area contributed by atoms with Gasteiger partial charge in [-0.1, -0.05) is 6.07 Å². The molecular weight excluding hydrogens is 433 g/mol. The number of hydrogen-bond donors (Lipinski definition) is 1. The fourth-order valence-electron chi connectivity index (χ4n) is 2.86. The number of carboxylic acids is 1. The normalized spacial score (nSPS) is 17.9. The SMILES string of the molecule is CN(C)CC1CN(S(=O)(=O)c2cccs2)Cc2nccn2C1.O=C(O)C(F)(F)F. The van der Waals surface area contributed by atoms with E-state index in [0.717, 1.165) is 18.9 Å². The van der Waals surface area contributed by atoms with Crippen molar-refractivity contribution in [3.63, 3.8) is 0 Å². The van der Waals surface area contributed by atoms with Crippen molar-refractivity contribution in [1.82, 2.24) is 18.8 Å². The highest BCUT2D eigenvalue weighted by atomic mass is 32.2. The van der Waals surface area contributed by atoms with Gasteiger partial charge in [-0.25, -0.2) is 18.2 Å². The topological polar surface area (TPSA) is 95.7 Å². The summed E-state index contributed by atoms with van der Waals surface area (Å²) in [6.45, 7) is 2.48. The minimum absolute atomic E-state index is 0.236. The van der Waals surface area contributed by atoms with Gasteiger partial charge in [-0.15, -0.1) is 11.3 Å². The molecule has 0 fully saturated rings. The Hall–Kier alpha value is -1.96. The van der Waals surface area contributed by atoms with Gasteiger partial charge in [-0.2, -0.15) is 17.5 Å². The number of imidazole rings is 1. The van der Waals surface area contributed by atoms with E-state index in [1.54, 1.807) is 28.0 Å². The Morgan fingerprint density at radius 3 is 2.55 bits per heavy atom. The number of halogens is 3. The molecule has 0 saturated carbocycles. The van der Waals surface area contributed by atoms with Crippen LogP contribution in [0.2, 0.25) is 0 Å². The predicted octanol–water partition coefficient (Wildman–Crippen LogP) is 1.96. The highest BCUT2D eigenvalue weighted by Gasteiger charge is 2.38. The molecule has 1 aliphatic rings. The number of nitrogens with zero attached hydrogens (tertiary/aromatic N) is 4. The monoisotopic (exact) mass is 454 g/mol. The average Bonchev–Trinajstić information content (AvgIpc) is 3.23. The van der Waals surface area contributed by atoms with Crippen LogP contribution in [0.15, 0.2) is 34.1 Å². The van der Waals surface area contributed by atoms with Crippen LogP contribution in [0.4, 0.5) is 13.2 Å². The third kappa shape index (κ3) is 6.26. The van der Waals surface area contributed by atoms with E-state index in [2.05, 4.69) is 14.5 Å². The largest absolute Gasteiger partial charge is 0.490 e. The molecule has 0 bridgehead atoms. The van der Waals surface area contributed by atoms with Crippen molar-refractivity contribution in [2.75, 3.05) is 27.2 Å². The molecule has 2 aromatic rings. The van der Waals surface area contributed by atoms with E-state index >= 15 is 0 Å². The molecule has 162 valence electrons. The van der Waals surface area contributed by atoms with Crippen LogP contribution in [0.25, 0.3) is 0 Å². The first kappa shape index (κ1) is 23.3. The molecule has 0 saturated heterocycles. The van der Waals surface area contributed by atoms with E-state index in [4.69, 9.17) is 9.90 Å². The second-order valence-electron chi connectivity index (χ2n) is 6.66. The van der Waals surface area contributed by atoms with E-state index < -0.39 is 22.2 Å². The molecule has 0 amide bonds. The number of aromatic nitrogens is 2. The van der Waals surface area contributed by atoms with Crippen LogP contribution in [0, 0.1) is 5.92 Å². The lowest BCUT2D eigenvalue weighted by atomic mass is 10.1. The number of carbonyl (C=O) groups is 1. The Morgan fingerprint density at radius 2 is 2.03 bits per heavy atom. The lowest BCUT2D eigenvalue weighted by Crippen LogP contribution is -2.37. The Bertz CT molecular complexity index is 911. The molecule has 29 heavy (non-hydrogen) atoms. The molecular formula is C16H21F3N4O4S2. The maximum Gasteiger partial charge on any atom is 0.490 e. The Morgan fingerprint density at radius 1 is 1.38 bits per heavy atom. The zero-order valence-corrected chi connectivity index (χ0v) is 17.3. The average molecular weight is 454 g/mol. The minimum atomic E-state index is -5.08. The number of hydrogen-bond acceptors (Lipinski definition) is 6. The lowest BCUT2D eigenvalue weighted by Gasteiger charge is -2.24. The van der Waals surface area contributed by atoms with Crippen molar-refractivity contribution >= 4 is 27.3 Å². The van der Waals surface area contributed by atoms with Gasteiger partial charge in [0.25, 0.3) is 10.0 Å². The van der Waals surface area contributed by atoms with Gasteiger partial charge in [0.1, 0.15) is 10.0 Å². The molecule has 0 aromatic carbocycles. The number of fused-ring (bicyclic) bond motifs is 1. The molecule has 0 radical (unpaired) electrons.